The molecule has 0 aromatic heterocycles. The third-order valence-electron chi connectivity index (χ3n) is 4.64. The van der Waals surface area contributed by atoms with E-state index in [0.717, 1.165) is 11.1 Å². The van der Waals surface area contributed by atoms with Crippen molar-refractivity contribution in [2.24, 2.45) is 0 Å². The molecule has 3 aromatic rings. The molecule has 0 aliphatic carbocycles. The van der Waals surface area contributed by atoms with Gasteiger partial charge in [-0.15, -0.1) is 0 Å². The van der Waals surface area contributed by atoms with Gasteiger partial charge in [-0.1, -0.05) is 72.8 Å². The van der Waals surface area contributed by atoms with Crippen molar-refractivity contribution < 1.29 is 19.1 Å². The second kappa shape index (κ2) is 10.7. The van der Waals surface area contributed by atoms with Gasteiger partial charge in [0, 0.05) is 13.6 Å². The number of anilines is 1. The van der Waals surface area contributed by atoms with Crippen molar-refractivity contribution in [1.82, 2.24) is 4.90 Å². The maximum atomic E-state index is 12.5. The molecule has 0 spiro atoms. The Morgan fingerprint density at radius 3 is 2.06 bits per heavy atom. The second-order valence-electron chi connectivity index (χ2n) is 7.07. The quantitative estimate of drug-likeness (QED) is 0.569. The maximum Gasteiger partial charge on any atom is 0.340 e. The van der Waals surface area contributed by atoms with E-state index in [1.165, 1.54) is 4.90 Å². The van der Waals surface area contributed by atoms with Crippen molar-refractivity contribution in [3.8, 4) is 0 Å². The highest BCUT2D eigenvalue weighted by molar-refractivity contribution is 6.02. The van der Waals surface area contributed by atoms with Crippen molar-refractivity contribution in [1.29, 1.82) is 0 Å². The fourth-order valence-corrected chi connectivity index (χ4v) is 3.01. The Labute approximate surface area is 181 Å². The second-order valence-corrected chi connectivity index (χ2v) is 7.07. The van der Waals surface area contributed by atoms with Crippen LogP contribution in [0, 0.1) is 0 Å². The van der Waals surface area contributed by atoms with E-state index >= 15 is 0 Å². The molecule has 0 aliphatic rings. The normalized spacial score (nSPS) is 10.2. The summed E-state index contributed by atoms with van der Waals surface area (Å²) < 4.78 is 5.21. The lowest BCUT2D eigenvalue weighted by Gasteiger charge is -2.17. The summed E-state index contributed by atoms with van der Waals surface area (Å²) in [5.41, 5.74) is 2.39. The van der Waals surface area contributed by atoms with Crippen molar-refractivity contribution in [2.75, 3.05) is 19.0 Å². The number of benzene rings is 3. The number of rotatable bonds is 8. The van der Waals surface area contributed by atoms with Crippen LogP contribution in [0.25, 0.3) is 0 Å². The largest absolute Gasteiger partial charge is 0.452 e. The van der Waals surface area contributed by atoms with Gasteiger partial charge >= 0.3 is 5.97 Å². The lowest BCUT2D eigenvalue weighted by atomic mass is 10.1. The highest BCUT2D eigenvalue weighted by atomic mass is 16.5. The van der Waals surface area contributed by atoms with Crippen LogP contribution in [0.5, 0.6) is 0 Å². The minimum absolute atomic E-state index is 0.187. The average molecular weight is 416 g/mol. The smallest absolute Gasteiger partial charge is 0.340 e. The van der Waals surface area contributed by atoms with Crippen LogP contribution in [0.3, 0.4) is 0 Å². The first-order valence-corrected chi connectivity index (χ1v) is 9.91. The van der Waals surface area contributed by atoms with Gasteiger partial charge in [0.1, 0.15) is 0 Å². The zero-order chi connectivity index (χ0) is 22.1. The molecule has 0 atom stereocenters. The van der Waals surface area contributed by atoms with Crippen LogP contribution in [0.4, 0.5) is 5.69 Å². The van der Waals surface area contributed by atoms with Crippen molar-refractivity contribution in [3.05, 3.63) is 102 Å². The molecule has 3 aromatic carbocycles. The first-order valence-electron chi connectivity index (χ1n) is 9.91. The SMILES string of the molecule is CN(Cc1ccccc1)C(=O)COC(=O)c1ccccc1NC(=O)Cc1ccccc1. The van der Waals surface area contributed by atoms with Crippen LogP contribution < -0.4 is 5.32 Å². The molecule has 3 rings (SSSR count). The van der Waals surface area contributed by atoms with Gasteiger partial charge in [0.05, 0.1) is 17.7 Å². The number of carbonyl (C=O) groups excluding carboxylic acids is 3. The lowest BCUT2D eigenvalue weighted by Crippen LogP contribution is -2.31. The average Bonchev–Trinajstić information content (AvgIpc) is 2.79. The predicted molar refractivity (Wildman–Crippen MR) is 118 cm³/mol. The van der Waals surface area contributed by atoms with Gasteiger partial charge in [-0.3, -0.25) is 9.59 Å². The molecular formula is C25H24N2O4. The van der Waals surface area contributed by atoms with Crippen molar-refractivity contribution >= 4 is 23.5 Å². The Morgan fingerprint density at radius 1 is 0.806 bits per heavy atom. The number of ether oxygens (including phenoxy) is 1. The zero-order valence-corrected chi connectivity index (χ0v) is 17.3. The van der Waals surface area contributed by atoms with E-state index in [4.69, 9.17) is 4.74 Å². The molecule has 31 heavy (non-hydrogen) atoms. The molecule has 0 unspecified atom stereocenters. The van der Waals surface area contributed by atoms with Gasteiger partial charge in [0.25, 0.3) is 5.91 Å². The van der Waals surface area contributed by atoms with Crippen LogP contribution >= 0.6 is 0 Å². The number of nitrogens with zero attached hydrogens (tertiary/aromatic N) is 1. The first kappa shape index (κ1) is 21.8. The first-order chi connectivity index (χ1) is 15.0. The molecular weight excluding hydrogens is 392 g/mol. The zero-order valence-electron chi connectivity index (χ0n) is 17.3. The molecule has 0 heterocycles. The van der Waals surface area contributed by atoms with E-state index in [0.29, 0.717) is 12.2 Å². The summed E-state index contributed by atoms with van der Waals surface area (Å²) in [4.78, 5) is 38.7. The molecule has 6 nitrogen and oxygen atoms in total. The van der Waals surface area contributed by atoms with Crippen LogP contribution in [0.15, 0.2) is 84.9 Å². The summed E-state index contributed by atoms with van der Waals surface area (Å²) in [6, 6.07) is 25.4. The van der Waals surface area contributed by atoms with Gasteiger partial charge < -0.3 is 15.0 Å². The molecule has 0 bridgehead atoms. The molecule has 0 radical (unpaired) electrons. The van der Waals surface area contributed by atoms with Gasteiger partial charge in [-0.25, -0.2) is 4.79 Å². The summed E-state index contributed by atoms with van der Waals surface area (Å²) in [6.07, 6.45) is 0.187. The molecule has 0 saturated heterocycles. The number of esters is 1. The van der Waals surface area contributed by atoms with Gasteiger partial charge in [0.15, 0.2) is 6.61 Å². The van der Waals surface area contributed by atoms with E-state index in [-0.39, 0.29) is 30.4 Å². The molecule has 0 saturated carbocycles. The summed E-state index contributed by atoms with van der Waals surface area (Å²) >= 11 is 0. The van der Waals surface area contributed by atoms with E-state index < -0.39 is 5.97 Å². The number of nitrogens with one attached hydrogen (secondary N) is 1. The Morgan fingerprint density at radius 2 is 1.39 bits per heavy atom. The summed E-state index contributed by atoms with van der Waals surface area (Å²) in [5.74, 6) is -1.23. The van der Waals surface area contributed by atoms with Crippen molar-refractivity contribution in [2.45, 2.75) is 13.0 Å². The predicted octanol–water partition coefficient (Wildman–Crippen LogP) is 3.68. The molecule has 0 aliphatic heterocycles. The Hall–Kier alpha value is -3.93. The van der Waals surface area contributed by atoms with Crippen LogP contribution in [0.1, 0.15) is 21.5 Å². The molecule has 6 heteroatoms. The van der Waals surface area contributed by atoms with Gasteiger partial charge in [-0.2, -0.15) is 0 Å². The monoisotopic (exact) mass is 416 g/mol. The Bertz CT molecular complexity index is 1040. The fraction of sp³-hybridized carbons (Fsp3) is 0.160. The van der Waals surface area contributed by atoms with E-state index in [2.05, 4.69) is 5.32 Å². The standard InChI is InChI=1S/C25H24N2O4/c1-27(17-20-12-6-3-7-13-20)24(29)18-31-25(30)21-14-8-9-15-22(21)26-23(28)16-19-10-4-2-5-11-19/h2-15H,16-18H2,1H3,(H,26,28). The van der Waals surface area contributed by atoms with Crippen LogP contribution in [-0.4, -0.2) is 36.3 Å². The Balaban J connectivity index is 1.56. The summed E-state index contributed by atoms with van der Waals surface area (Å²) in [6.45, 7) is 0.0395. The maximum absolute atomic E-state index is 12.5. The third kappa shape index (κ3) is 6.54. The van der Waals surface area contributed by atoms with Crippen LogP contribution in [0.2, 0.25) is 0 Å². The molecule has 1 N–H and O–H groups in total. The minimum atomic E-state index is -0.669. The van der Waals surface area contributed by atoms with Gasteiger partial charge in [0.2, 0.25) is 5.91 Å². The number of hydrogen-bond donors (Lipinski definition) is 1. The highest BCUT2D eigenvalue weighted by Gasteiger charge is 2.17. The topological polar surface area (TPSA) is 75.7 Å². The van der Waals surface area contributed by atoms with E-state index in [9.17, 15) is 14.4 Å². The number of hydrogen-bond acceptors (Lipinski definition) is 4. The molecule has 0 fully saturated rings. The summed E-state index contributed by atoms with van der Waals surface area (Å²) in [5, 5.41) is 2.75. The minimum Gasteiger partial charge on any atom is -0.452 e. The number of likely N-dealkylation sites (N-methyl/N-ethyl adjacent to an activating group) is 1. The van der Waals surface area contributed by atoms with E-state index in [1.54, 1.807) is 31.3 Å². The van der Waals surface area contributed by atoms with Crippen LogP contribution in [-0.2, 0) is 27.3 Å². The molecule has 158 valence electrons. The lowest BCUT2D eigenvalue weighted by molar-refractivity contribution is -0.133. The van der Waals surface area contributed by atoms with Gasteiger partial charge in [-0.05, 0) is 23.3 Å². The fourth-order valence-electron chi connectivity index (χ4n) is 3.01. The molecule has 2 amide bonds. The Kier molecular flexibility index (Phi) is 7.54. The van der Waals surface area contributed by atoms with Crippen molar-refractivity contribution in [3.63, 3.8) is 0 Å². The third-order valence-corrected chi connectivity index (χ3v) is 4.64. The number of para-hydroxylation sites is 1. The highest BCUT2D eigenvalue weighted by Crippen LogP contribution is 2.17. The van der Waals surface area contributed by atoms with E-state index in [1.807, 2.05) is 60.7 Å². The number of amides is 2. The number of carbonyl (C=O) groups is 3. The summed E-state index contributed by atoms with van der Waals surface area (Å²) in [7, 11) is 1.65.